The van der Waals surface area contributed by atoms with Crippen molar-refractivity contribution in [3.63, 3.8) is 0 Å². The molecule has 0 saturated carbocycles. The van der Waals surface area contributed by atoms with E-state index in [9.17, 15) is 5.11 Å². The summed E-state index contributed by atoms with van der Waals surface area (Å²) in [7, 11) is 0. The summed E-state index contributed by atoms with van der Waals surface area (Å²) >= 11 is 0. The van der Waals surface area contributed by atoms with Gasteiger partial charge in [0.05, 0.1) is 6.10 Å². The molecule has 3 unspecified atom stereocenters. The van der Waals surface area contributed by atoms with E-state index in [1.807, 2.05) is 0 Å². The van der Waals surface area contributed by atoms with Gasteiger partial charge in [0, 0.05) is 12.6 Å². The highest BCUT2D eigenvalue weighted by Gasteiger charge is 2.20. The molecule has 0 amide bonds. The lowest BCUT2D eigenvalue weighted by atomic mass is 9.90. The second-order valence-electron chi connectivity index (χ2n) is 4.63. The van der Waals surface area contributed by atoms with Gasteiger partial charge in [0.2, 0.25) is 0 Å². The van der Waals surface area contributed by atoms with Gasteiger partial charge in [-0.05, 0) is 44.6 Å². The molecule has 0 aliphatic carbocycles. The molecule has 0 aromatic carbocycles. The Balaban J connectivity index is 3.68. The van der Waals surface area contributed by atoms with E-state index in [0.717, 1.165) is 38.5 Å². The maximum absolute atomic E-state index is 9.86. The molecule has 0 fully saturated rings. The molecule has 0 heterocycles. The predicted molar refractivity (Wildman–Crippen MR) is 67.0 cm³/mol. The normalized spacial score (nSPS) is 17.1. The van der Waals surface area contributed by atoms with E-state index in [2.05, 4.69) is 6.92 Å². The smallest absolute Gasteiger partial charge is 0.0693 e. The van der Waals surface area contributed by atoms with Gasteiger partial charge in [-0.3, -0.25) is 0 Å². The van der Waals surface area contributed by atoms with Crippen LogP contribution in [-0.4, -0.2) is 35.5 Å². The number of hydrogen-bond acceptors (Lipinski definition) is 4. The third-order valence-corrected chi connectivity index (χ3v) is 3.12. The largest absolute Gasteiger partial charge is 0.396 e. The van der Waals surface area contributed by atoms with Crippen molar-refractivity contribution in [2.75, 3.05) is 13.2 Å². The number of hydrogen-bond donors (Lipinski definition) is 4. The molecule has 0 spiro atoms. The molecule has 4 heteroatoms. The second kappa shape index (κ2) is 10.0. The van der Waals surface area contributed by atoms with Crippen molar-refractivity contribution in [1.29, 1.82) is 0 Å². The summed E-state index contributed by atoms with van der Waals surface area (Å²) in [5.41, 5.74) is 11.4. The van der Waals surface area contributed by atoms with Crippen molar-refractivity contribution >= 4 is 0 Å². The molecular weight excluding hydrogens is 204 g/mol. The van der Waals surface area contributed by atoms with E-state index < -0.39 is 6.10 Å². The van der Waals surface area contributed by atoms with Gasteiger partial charge in [0.15, 0.2) is 0 Å². The predicted octanol–water partition coefficient (Wildman–Crippen LogP) is 0.602. The minimum Gasteiger partial charge on any atom is -0.396 e. The second-order valence-corrected chi connectivity index (χ2v) is 4.63. The first kappa shape index (κ1) is 15.8. The Labute approximate surface area is 99.0 Å². The fraction of sp³-hybridized carbons (Fsp3) is 1.00. The number of nitrogens with two attached hydrogens (primary N) is 2. The molecule has 0 radical (unpaired) electrons. The molecule has 0 rings (SSSR count). The van der Waals surface area contributed by atoms with Crippen LogP contribution in [0.25, 0.3) is 0 Å². The summed E-state index contributed by atoms with van der Waals surface area (Å²) in [6.07, 6.45) is 4.97. The fourth-order valence-corrected chi connectivity index (χ4v) is 1.84. The highest BCUT2D eigenvalue weighted by atomic mass is 16.3. The molecule has 0 aromatic heterocycles. The van der Waals surface area contributed by atoms with E-state index in [0.29, 0.717) is 12.5 Å². The number of aliphatic hydroxyl groups is 2. The zero-order valence-electron chi connectivity index (χ0n) is 10.4. The summed E-state index contributed by atoms with van der Waals surface area (Å²) < 4.78 is 0. The minimum atomic E-state index is -0.421. The molecule has 3 atom stereocenters. The molecule has 0 aliphatic rings. The van der Waals surface area contributed by atoms with Crippen molar-refractivity contribution in [1.82, 2.24) is 0 Å². The van der Waals surface area contributed by atoms with Crippen LogP contribution in [0.2, 0.25) is 0 Å². The third-order valence-electron chi connectivity index (χ3n) is 3.12. The maximum Gasteiger partial charge on any atom is 0.0693 e. The standard InChI is InChI=1S/C12H28N2O2/c1-10(6-3-5-9-15)12(14)11(16)7-2-4-8-13/h10-12,15-16H,2-9,13-14H2,1H3. The fourth-order valence-electron chi connectivity index (χ4n) is 1.84. The topological polar surface area (TPSA) is 92.5 Å². The highest BCUT2D eigenvalue weighted by Crippen LogP contribution is 2.16. The van der Waals surface area contributed by atoms with Crippen LogP contribution in [0.3, 0.4) is 0 Å². The molecule has 0 bridgehead atoms. The van der Waals surface area contributed by atoms with Crippen LogP contribution in [0, 0.1) is 5.92 Å². The first-order valence-electron chi connectivity index (χ1n) is 6.38. The van der Waals surface area contributed by atoms with Crippen molar-refractivity contribution in [3.05, 3.63) is 0 Å². The van der Waals surface area contributed by atoms with Crippen LogP contribution in [0.5, 0.6) is 0 Å². The maximum atomic E-state index is 9.86. The first-order valence-corrected chi connectivity index (χ1v) is 6.38. The van der Waals surface area contributed by atoms with Gasteiger partial charge in [0.1, 0.15) is 0 Å². The molecule has 0 aliphatic heterocycles. The van der Waals surface area contributed by atoms with Gasteiger partial charge in [-0.25, -0.2) is 0 Å². The summed E-state index contributed by atoms with van der Waals surface area (Å²) in [6.45, 7) is 2.98. The molecular formula is C12H28N2O2. The number of unbranched alkanes of at least 4 members (excludes halogenated alkanes) is 2. The van der Waals surface area contributed by atoms with Gasteiger partial charge in [-0.1, -0.05) is 13.3 Å². The summed E-state index contributed by atoms with van der Waals surface area (Å²) in [5, 5.41) is 18.5. The molecule has 6 N–H and O–H groups in total. The van der Waals surface area contributed by atoms with Gasteiger partial charge in [-0.15, -0.1) is 0 Å². The molecule has 0 aromatic rings. The van der Waals surface area contributed by atoms with Crippen LogP contribution in [0.4, 0.5) is 0 Å². The van der Waals surface area contributed by atoms with Crippen LogP contribution < -0.4 is 11.5 Å². The van der Waals surface area contributed by atoms with Crippen molar-refractivity contribution in [2.24, 2.45) is 17.4 Å². The minimum absolute atomic E-state index is 0.156. The lowest BCUT2D eigenvalue weighted by molar-refractivity contribution is 0.106. The van der Waals surface area contributed by atoms with E-state index in [1.54, 1.807) is 0 Å². The Morgan fingerprint density at radius 2 is 1.69 bits per heavy atom. The Morgan fingerprint density at radius 1 is 1.06 bits per heavy atom. The molecule has 98 valence electrons. The zero-order valence-corrected chi connectivity index (χ0v) is 10.4. The van der Waals surface area contributed by atoms with E-state index in [4.69, 9.17) is 16.6 Å². The lowest BCUT2D eigenvalue weighted by Gasteiger charge is -2.25. The van der Waals surface area contributed by atoms with E-state index in [-0.39, 0.29) is 12.6 Å². The molecule has 0 saturated heterocycles. The third kappa shape index (κ3) is 7.17. The Morgan fingerprint density at radius 3 is 2.25 bits per heavy atom. The van der Waals surface area contributed by atoms with Crippen LogP contribution in [0.1, 0.15) is 45.4 Å². The Kier molecular flexibility index (Phi) is 9.92. The van der Waals surface area contributed by atoms with Gasteiger partial charge < -0.3 is 21.7 Å². The van der Waals surface area contributed by atoms with Crippen LogP contribution in [-0.2, 0) is 0 Å². The highest BCUT2D eigenvalue weighted by molar-refractivity contribution is 4.77. The number of aliphatic hydroxyl groups excluding tert-OH is 2. The summed E-state index contributed by atoms with van der Waals surface area (Å²) in [5.74, 6) is 0.305. The average molecular weight is 232 g/mol. The van der Waals surface area contributed by atoms with Gasteiger partial charge >= 0.3 is 0 Å². The number of rotatable bonds is 10. The van der Waals surface area contributed by atoms with Crippen molar-refractivity contribution in [2.45, 2.75) is 57.6 Å². The van der Waals surface area contributed by atoms with Gasteiger partial charge in [0.25, 0.3) is 0 Å². The van der Waals surface area contributed by atoms with Crippen molar-refractivity contribution < 1.29 is 10.2 Å². The van der Waals surface area contributed by atoms with Crippen LogP contribution in [0.15, 0.2) is 0 Å². The van der Waals surface area contributed by atoms with E-state index >= 15 is 0 Å². The summed E-state index contributed by atoms with van der Waals surface area (Å²) in [4.78, 5) is 0. The zero-order chi connectivity index (χ0) is 12.4. The quantitative estimate of drug-likeness (QED) is 0.415. The molecule has 4 nitrogen and oxygen atoms in total. The lowest BCUT2D eigenvalue weighted by Crippen LogP contribution is -2.40. The average Bonchev–Trinajstić information content (AvgIpc) is 2.28. The van der Waals surface area contributed by atoms with Crippen LogP contribution >= 0.6 is 0 Å². The molecule has 16 heavy (non-hydrogen) atoms. The Hall–Kier alpha value is -0.160. The Bertz CT molecular complexity index is 140. The van der Waals surface area contributed by atoms with Crippen molar-refractivity contribution in [3.8, 4) is 0 Å². The monoisotopic (exact) mass is 232 g/mol. The SMILES string of the molecule is CC(CCCCO)C(N)C(O)CCCCN. The summed E-state index contributed by atoms with van der Waals surface area (Å²) in [6, 6.07) is -0.156. The first-order chi connectivity index (χ1) is 7.63. The van der Waals surface area contributed by atoms with Gasteiger partial charge in [-0.2, -0.15) is 0 Å². The van der Waals surface area contributed by atoms with E-state index in [1.165, 1.54) is 0 Å².